The number of benzene rings is 2. The molecule has 2 rings (SSSR count). The van der Waals surface area contributed by atoms with Crippen molar-refractivity contribution in [3.63, 3.8) is 0 Å². The smallest absolute Gasteiger partial charge is 0.147 e. The van der Waals surface area contributed by atoms with Gasteiger partial charge in [0.15, 0.2) is 0 Å². The van der Waals surface area contributed by atoms with Crippen LogP contribution in [-0.2, 0) is 0 Å². The second-order valence-electron chi connectivity index (χ2n) is 4.04. The average Bonchev–Trinajstić information content (AvgIpc) is 2.36. The minimum atomic E-state index is -0.582. The quantitative estimate of drug-likeness (QED) is 0.810. The van der Waals surface area contributed by atoms with Crippen molar-refractivity contribution in [2.24, 2.45) is 0 Å². The van der Waals surface area contributed by atoms with Crippen molar-refractivity contribution in [1.82, 2.24) is 0 Å². The van der Waals surface area contributed by atoms with Gasteiger partial charge in [0.2, 0.25) is 0 Å². The number of ether oxygens (including phenoxy) is 1. The summed E-state index contributed by atoms with van der Waals surface area (Å²) in [6.45, 7) is 1.67. The molecule has 0 radical (unpaired) electrons. The molecule has 0 saturated heterocycles. The normalized spacial score (nSPS) is 12.3. The van der Waals surface area contributed by atoms with Crippen LogP contribution in [0.3, 0.4) is 0 Å². The zero-order valence-electron chi connectivity index (χ0n) is 10.0. The lowest BCUT2D eigenvalue weighted by molar-refractivity contribution is 0.199. The number of aliphatic hydroxyl groups excluding tert-OH is 1. The molecule has 1 N–H and O–H groups in total. The molecule has 0 spiro atoms. The van der Waals surface area contributed by atoms with Crippen LogP contribution in [-0.4, -0.2) is 5.11 Å². The molecule has 19 heavy (non-hydrogen) atoms. The van der Waals surface area contributed by atoms with E-state index in [1.165, 1.54) is 0 Å². The molecule has 1 atom stereocenters. The molecule has 2 aromatic carbocycles. The number of rotatable bonds is 3. The van der Waals surface area contributed by atoms with Gasteiger partial charge in [-0.3, -0.25) is 0 Å². The molecule has 100 valence electrons. The van der Waals surface area contributed by atoms with Gasteiger partial charge in [-0.2, -0.15) is 0 Å². The van der Waals surface area contributed by atoms with E-state index in [4.69, 9.17) is 39.5 Å². The summed E-state index contributed by atoms with van der Waals surface area (Å²) >= 11 is 18.0. The molecule has 2 nitrogen and oxygen atoms in total. The van der Waals surface area contributed by atoms with Gasteiger partial charge < -0.3 is 9.84 Å². The van der Waals surface area contributed by atoms with Crippen LogP contribution in [0.4, 0.5) is 0 Å². The van der Waals surface area contributed by atoms with Gasteiger partial charge in [0.05, 0.1) is 16.1 Å². The first-order chi connectivity index (χ1) is 8.97. The lowest BCUT2D eigenvalue weighted by Crippen LogP contribution is -1.92. The Balaban J connectivity index is 2.31. The maximum atomic E-state index is 9.47. The maximum Gasteiger partial charge on any atom is 0.147 e. The van der Waals surface area contributed by atoms with Gasteiger partial charge >= 0.3 is 0 Å². The summed E-state index contributed by atoms with van der Waals surface area (Å²) in [6.07, 6.45) is -0.582. The SMILES string of the molecule is CC(O)c1ccc(Oc2cc(Cl)ccc2Cl)c(Cl)c1. The molecule has 0 aromatic heterocycles. The Kier molecular flexibility index (Phi) is 4.58. The predicted octanol–water partition coefficient (Wildman–Crippen LogP) is 5.49. The maximum absolute atomic E-state index is 9.47. The molecule has 0 aliphatic carbocycles. The second-order valence-corrected chi connectivity index (χ2v) is 5.29. The van der Waals surface area contributed by atoms with Gasteiger partial charge in [0.25, 0.3) is 0 Å². The Bertz CT molecular complexity index is 597. The molecule has 2 aromatic rings. The van der Waals surface area contributed by atoms with Crippen LogP contribution in [0.5, 0.6) is 11.5 Å². The van der Waals surface area contributed by atoms with Gasteiger partial charge in [-0.05, 0) is 36.8 Å². The molecular weight excluding hydrogens is 307 g/mol. The molecular formula is C14H11Cl3O2. The number of hydrogen-bond acceptors (Lipinski definition) is 2. The fourth-order valence-corrected chi connectivity index (χ4v) is 2.08. The number of halogens is 3. The van der Waals surface area contributed by atoms with E-state index in [0.717, 1.165) is 5.56 Å². The van der Waals surface area contributed by atoms with Crippen LogP contribution >= 0.6 is 34.8 Å². The van der Waals surface area contributed by atoms with E-state index < -0.39 is 6.10 Å². The van der Waals surface area contributed by atoms with E-state index in [9.17, 15) is 5.11 Å². The predicted molar refractivity (Wildman–Crippen MR) is 78.6 cm³/mol. The molecule has 0 fully saturated rings. The van der Waals surface area contributed by atoms with Crippen molar-refractivity contribution >= 4 is 34.8 Å². The van der Waals surface area contributed by atoms with Crippen LogP contribution in [0, 0.1) is 0 Å². The highest BCUT2D eigenvalue weighted by atomic mass is 35.5. The lowest BCUT2D eigenvalue weighted by atomic mass is 10.1. The van der Waals surface area contributed by atoms with E-state index in [2.05, 4.69) is 0 Å². The first kappa shape index (κ1) is 14.5. The topological polar surface area (TPSA) is 29.5 Å². The van der Waals surface area contributed by atoms with Gasteiger partial charge in [0.1, 0.15) is 11.5 Å². The highest BCUT2D eigenvalue weighted by Gasteiger charge is 2.10. The van der Waals surface area contributed by atoms with Crippen molar-refractivity contribution < 1.29 is 9.84 Å². The summed E-state index contributed by atoms with van der Waals surface area (Å²) in [6, 6.07) is 10.0. The van der Waals surface area contributed by atoms with Crippen molar-refractivity contribution in [2.75, 3.05) is 0 Å². The van der Waals surface area contributed by atoms with Gasteiger partial charge in [-0.15, -0.1) is 0 Å². The summed E-state index contributed by atoms with van der Waals surface area (Å²) < 4.78 is 5.63. The highest BCUT2D eigenvalue weighted by molar-refractivity contribution is 6.34. The molecule has 5 heteroatoms. The average molecular weight is 318 g/mol. The summed E-state index contributed by atoms with van der Waals surface area (Å²) in [5.41, 5.74) is 0.717. The third-order valence-electron chi connectivity index (χ3n) is 2.55. The van der Waals surface area contributed by atoms with E-state index in [1.54, 1.807) is 43.3 Å². The van der Waals surface area contributed by atoms with Crippen LogP contribution in [0.2, 0.25) is 15.1 Å². The Morgan fingerprint density at radius 2 is 1.68 bits per heavy atom. The van der Waals surface area contributed by atoms with Crippen molar-refractivity contribution in [2.45, 2.75) is 13.0 Å². The summed E-state index contributed by atoms with van der Waals surface area (Å²) in [5, 5.41) is 10.8. The van der Waals surface area contributed by atoms with Crippen LogP contribution in [0.25, 0.3) is 0 Å². The fraction of sp³-hybridized carbons (Fsp3) is 0.143. The Morgan fingerprint density at radius 1 is 0.947 bits per heavy atom. The Morgan fingerprint density at radius 3 is 2.32 bits per heavy atom. The van der Waals surface area contributed by atoms with Gasteiger partial charge in [-0.25, -0.2) is 0 Å². The zero-order valence-corrected chi connectivity index (χ0v) is 12.3. The summed E-state index contributed by atoms with van der Waals surface area (Å²) in [7, 11) is 0. The zero-order chi connectivity index (χ0) is 14.0. The van der Waals surface area contributed by atoms with E-state index in [-0.39, 0.29) is 0 Å². The molecule has 0 aliphatic rings. The highest BCUT2D eigenvalue weighted by Crippen LogP contribution is 2.36. The Labute approximate surface area is 126 Å². The van der Waals surface area contributed by atoms with Crippen molar-refractivity contribution in [1.29, 1.82) is 0 Å². The summed E-state index contributed by atoms with van der Waals surface area (Å²) in [4.78, 5) is 0. The minimum absolute atomic E-state index is 0.398. The van der Waals surface area contributed by atoms with Crippen molar-refractivity contribution in [3.8, 4) is 11.5 Å². The third kappa shape index (κ3) is 3.54. The van der Waals surface area contributed by atoms with Crippen LogP contribution in [0.15, 0.2) is 36.4 Å². The van der Waals surface area contributed by atoms with Gasteiger partial charge in [-0.1, -0.05) is 40.9 Å². The fourth-order valence-electron chi connectivity index (χ4n) is 1.53. The van der Waals surface area contributed by atoms with Crippen molar-refractivity contribution in [3.05, 3.63) is 57.0 Å². The molecule has 1 unspecified atom stereocenters. The van der Waals surface area contributed by atoms with E-state index >= 15 is 0 Å². The van der Waals surface area contributed by atoms with E-state index in [1.807, 2.05) is 0 Å². The Hall–Kier alpha value is -0.930. The lowest BCUT2D eigenvalue weighted by Gasteiger charge is -2.11. The molecule has 0 heterocycles. The minimum Gasteiger partial charge on any atom is -0.454 e. The van der Waals surface area contributed by atoms with Crippen LogP contribution in [0.1, 0.15) is 18.6 Å². The number of hydrogen-bond donors (Lipinski definition) is 1. The molecule has 0 bridgehead atoms. The number of aliphatic hydroxyl groups is 1. The molecule has 0 saturated carbocycles. The van der Waals surface area contributed by atoms with Crippen LogP contribution < -0.4 is 4.74 Å². The first-order valence-electron chi connectivity index (χ1n) is 5.58. The van der Waals surface area contributed by atoms with E-state index in [0.29, 0.717) is 26.6 Å². The standard InChI is InChI=1S/C14H11Cl3O2/c1-8(18)9-2-5-13(12(17)6-9)19-14-7-10(15)3-4-11(14)16/h2-8,18H,1H3. The summed E-state index contributed by atoms with van der Waals surface area (Å²) in [5.74, 6) is 0.885. The molecule has 0 aliphatic heterocycles. The van der Waals surface area contributed by atoms with Gasteiger partial charge in [0, 0.05) is 11.1 Å². The third-order valence-corrected chi connectivity index (χ3v) is 3.39. The first-order valence-corrected chi connectivity index (χ1v) is 6.71. The molecule has 0 amide bonds. The monoisotopic (exact) mass is 316 g/mol. The largest absolute Gasteiger partial charge is 0.454 e. The second kappa shape index (κ2) is 6.02.